The number of nitrogens with zero attached hydrogens (tertiary/aromatic N) is 1. The summed E-state index contributed by atoms with van der Waals surface area (Å²) in [7, 11) is 0. The minimum Gasteiger partial charge on any atom is -0.339 e. The predicted molar refractivity (Wildman–Crippen MR) is 88.5 cm³/mol. The minimum atomic E-state index is 0. The Hall–Kier alpha value is -0.280. The maximum atomic E-state index is 12.7. The number of nitrogens with two attached hydrogens (primary N) is 1. The SMILES string of the molecule is Cl.NC1CCC(C(=O)N2CCCC2CC2CCCCC2)C1. The van der Waals surface area contributed by atoms with Crippen molar-refractivity contribution in [2.24, 2.45) is 17.6 Å². The Morgan fingerprint density at radius 1 is 1.00 bits per heavy atom. The predicted octanol–water partition coefficient (Wildman–Crippen LogP) is 3.50. The van der Waals surface area contributed by atoms with Crippen LogP contribution in [0.5, 0.6) is 0 Å². The highest BCUT2D eigenvalue weighted by Crippen LogP contribution is 2.34. The van der Waals surface area contributed by atoms with Gasteiger partial charge >= 0.3 is 0 Å². The quantitative estimate of drug-likeness (QED) is 0.866. The van der Waals surface area contributed by atoms with E-state index in [4.69, 9.17) is 5.73 Å². The zero-order valence-corrected chi connectivity index (χ0v) is 14.0. The van der Waals surface area contributed by atoms with Crippen LogP contribution in [-0.2, 0) is 4.79 Å². The Morgan fingerprint density at radius 3 is 2.43 bits per heavy atom. The van der Waals surface area contributed by atoms with E-state index in [2.05, 4.69) is 4.90 Å². The lowest BCUT2D eigenvalue weighted by molar-refractivity contribution is -0.136. The second-order valence-corrected chi connectivity index (χ2v) is 7.34. The van der Waals surface area contributed by atoms with E-state index in [0.29, 0.717) is 11.9 Å². The van der Waals surface area contributed by atoms with Gasteiger partial charge < -0.3 is 10.6 Å². The lowest BCUT2D eigenvalue weighted by Gasteiger charge is -2.31. The van der Waals surface area contributed by atoms with Crippen LogP contribution >= 0.6 is 12.4 Å². The lowest BCUT2D eigenvalue weighted by atomic mass is 9.84. The fourth-order valence-electron chi connectivity index (χ4n) is 4.65. The molecule has 3 fully saturated rings. The van der Waals surface area contributed by atoms with Gasteiger partial charge in [-0.1, -0.05) is 32.1 Å². The van der Waals surface area contributed by atoms with Crippen molar-refractivity contribution in [3.05, 3.63) is 0 Å². The van der Waals surface area contributed by atoms with Crippen molar-refractivity contribution in [1.82, 2.24) is 4.90 Å². The molecule has 3 unspecified atom stereocenters. The first-order valence-corrected chi connectivity index (χ1v) is 8.80. The highest BCUT2D eigenvalue weighted by atomic mass is 35.5. The molecule has 0 aromatic heterocycles. The molecule has 0 radical (unpaired) electrons. The van der Waals surface area contributed by atoms with E-state index in [1.54, 1.807) is 0 Å². The molecule has 1 saturated heterocycles. The molecule has 3 atom stereocenters. The molecule has 1 aliphatic heterocycles. The standard InChI is InChI=1S/C17H30N2O.ClH/c18-15-9-8-14(12-15)17(20)19-10-4-7-16(19)11-13-5-2-1-3-6-13;/h13-16H,1-12,18H2;1H. The molecule has 0 aromatic rings. The number of carbonyl (C=O) groups excluding carboxylic acids is 1. The van der Waals surface area contributed by atoms with Crippen LogP contribution in [0.4, 0.5) is 0 Å². The average molecular weight is 315 g/mol. The van der Waals surface area contributed by atoms with Crippen molar-refractivity contribution in [3.63, 3.8) is 0 Å². The minimum absolute atomic E-state index is 0. The first kappa shape index (κ1) is 17.1. The van der Waals surface area contributed by atoms with Gasteiger partial charge in [0.2, 0.25) is 5.91 Å². The smallest absolute Gasteiger partial charge is 0.225 e. The summed E-state index contributed by atoms with van der Waals surface area (Å²) in [5, 5.41) is 0. The van der Waals surface area contributed by atoms with E-state index in [0.717, 1.165) is 31.7 Å². The molecule has 21 heavy (non-hydrogen) atoms. The number of carbonyl (C=O) groups is 1. The van der Waals surface area contributed by atoms with Gasteiger partial charge in [-0.05, 0) is 44.4 Å². The molecular weight excluding hydrogens is 284 g/mol. The Labute approximate surface area is 135 Å². The highest BCUT2D eigenvalue weighted by molar-refractivity contribution is 5.85. The van der Waals surface area contributed by atoms with Crippen LogP contribution in [0.25, 0.3) is 0 Å². The second kappa shape index (κ2) is 7.82. The molecule has 0 bridgehead atoms. The Balaban J connectivity index is 0.00000161. The summed E-state index contributed by atoms with van der Waals surface area (Å²) in [4.78, 5) is 14.9. The largest absolute Gasteiger partial charge is 0.339 e. The zero-order chi connectivity index (χ0) is 13.9. The number of rotatable bonds is 3. The maximum absolute atomic E-state index is 12.7. The summed E-state index contributed by atoms with van der Waals surface area (Å²) in [5.41, 5.74) is 5.97. The van der Waals surface area contributed by atoms with E-state index in [9.17, 15) is 4.79 Å². The number of hydrogen-bond acceptors (Lipinski definition) is 2. The normalized spacial score (nSPS) is 34.0. The fraction of sp³-hybridized carbons (Fsp3) is 0.941. The van der Waals surface area contributed by atoms with E-state index in [1.165, 1.54) is 51.4 Å². The summed E-state index contributed by atoms with van der Waals surface area (Å²) in [6.45, 7) is 1.00. The van der Waals surface area contributed by atoms with Gasteiger partial charge in [-0.15, -0.1) is 12.4 Å². The third-order valence-corrected chi connectivity index (χ3v) is 5.81. The number of halogens is 1. The Morgan fingerprint density at radius 2 is 1.76 bits per heavy atom. The number of amides is 1. The molecule has 1 amide bonds. The van der Waals surface area contributed by atoms with Crippen LogP contribution in [0.2, 0.25) is 0 Å². The first-order valence-electron chi connectivity index (χ1n) is 8.80. The molecule has 0 spiro atoms. The summed E-state index contributed by atoms with van der Waals surface area (Å²) >= 11 is 0. The molecule has 122 valence electrons. The third kappa shape index (κ3) is 4.13. The van der Waals surface area contributed by atoms with Gasteiger partial charge in [-0.25, -0.2) is 0 Å². The summed E-state index contributed by atoms with van der Waals surface area (Å²) in [6, 6.07) is 0.811. The van der Waals surface area contributed by atoms with Gasteiger partial charge in [0, 0.05) is 24.5 Å². The molecule has 0 aromatic carbocycles. The zero-order valence-electron chi connectivity index (χ0n) is 13.1. The van der Waals surface area contributed by atoms with Crippen molar-refractivity contribution in [3.8, 4) is 0 Å². The van der Waals surface area contributed by atoms with Gasteiger partial charge in [-0.3, -0.25) is 4.79 Å². The van der Waals surface area contributed by atoms with Crippen molar-refractivity contribution < 1.29 is 4.79 Å². The van der Waals surface area contributed by atoms with Crippen molar-refractivity contribution >= 4 is 18.3 Å². The summed E-state index contributed by atoms with van der Waals surface area (Å²) in [5.74, 6) is 1.54. The highest BCUT2D eigenvalue weighted by Gasteiger charge is 2.36. The van der Waals surface area contributed by atoms with Crippen molar-refractivity contribution in [1.29, 1.82) is 0 Å². The van der Waals surface area contributed by atoms with Gasteiger partial charge in [-0.2, -0.15) is 0 Å². The molecule has 1 heterocycles. The number of hydrogen-bond donors (Lipinski definition) is 1. The van der Waals surface area contributed by atoms with Gasteiger partial charge in [0.15, 0.2) is 0 Å². The fourth-order valence-corrected chi connectivity index (χ4v) is 4.65. The van der Waals surface area contributed by atoms with E-state index < -0.39 is 0 Å². The Kier molecular flexibility index (Phi) is 6.36. The molecule has 2 N–H and O–H groups in total. The number of likely N-dealkylation sites (tertiary alicyclic amines) is 1. The van der Waals surface area contributed by atoms with Crippen molar-refractivity contribution in [2.75, 3.05) is 6.54 Å². The first-order chi connectivity index (χ1) is 9.74. The van der Waals surface area contributed by atoms with Crippen LogP contribution in [0.3, 0.4) is 0 Å². The second-order valence-electron chi connectivity index (χ2n) is 7.34. The average Bonchev–Trinajstić information content (AvgIpc) is 3.08. The van der Waals surface area contributed by atoms with Gasteiger partial charge in [0.25, 0.3) is 0 Å². The van der Waals surface area contributed by atoms with Crippen LogP contribution in [-0.4, -0.2) is 29.4 Å². The maximum Gasteiger partial charge on any atom is 0.225 e. The molecule has 2 saturated carbocycles. The van der Waals surface area contributed by atoms with Crippen LogP contribution in [0.1, 0.15) is 70.6 Å². The monoisotopic (exact) mass is 314 g/mol. The summed E-state index contributed by atoms with van der Waals surface area (Å²) < 4.78 is 0. The topological polar surface area (TPSA) is 46.3 Å². The van der Waals surface area contributed by atoms with Crippen LogP contribution < -0.4 is 5.73 Å². The molecule has 2 aliphatic carbocycles. The molecule has 4 heteroatoms. The lowest BCUT2D eigenvalue weighted by Crippen LogP contribution is -2.40. The van der Waals surface area contributed by atoms with Crippen LogP contribution in [0.15, 0.2) is 0 Å². The Bertz CT molecular complexity index is 344. The molecule has 3 nitrogen and oxygen atoms in total. The third-order valence-electron chi connectivity index (χ3n) is 5.81. The van der Waals surface area contributed by atoms with Gasteiger partial charge in [0.05, 0.1) is 0 Å². The molecule has 3 rings (SSSR count). The van der Waals surface area contributed by atoms with E-state index >= 15 is 0 Å². The van der Waals surface area contributed by atoms with Crippen molar-refractivity contribution in [2.45, 2.75) is 82.7 Å². The molecule has 3 aliphatic rings. The van der Waals surface area contributed by atoms with E-state index in [1.807, 2.05) is 0 Å². The molecular formula is C17H31ClN2O. The van der Waals surface area contributed by atoms with E-state index in [-0.39, 0.29) is 24.4 Å². The van der Waals surface area contributed by atoms with Gasteiger partial charge in [0.1, 0.15) is 0 Å². The van der Waals surface area contributed by atoms with Crippen LogP contribution in [0, 0.1) is 11.8 Å². The summed E-state index contributed by atoms with van der Waals surface area (Å²) in [6.07, 6.45) is 13.7.